The van der Waals surface area contributed by atoms with Gasteiger partial charge < -0.3 is 19.6 Å². The van der Waals surface area contributed by atoms with Crippen LogP contribution in [0.2, 0.25) is 0 Å². The summed E-state index contributed by atoms with van der Waals surface area (Å²) in [4.78, 5) is 9.82. The topological polar surface area (TPSA) is 13.0 Å². The Labute approximate surface area is 267 Å². The largest absolute Gasteiger partial charge is 0.354 e. The van der Waals surface area contributed by atoms with Crippen molar-refractivity contribution < 1.29 is 0 Å². The van der Waals surface area contributed by atoms with Crippen LogP contribution in [0.15, 0.2) is 73.3 Å². The molecule has 3 aromatic rings. The van der Waals surface area contributed by atoms with Gasteiger partial charge >= 0.3 is 0 Å². The van der Waals surface area contributed by atoms with Gasteiger partial charge in [-0.05, 0) is 82.0 Å². The monoisotopic (exact) mass is 590 g/mol. The van der Waals surface area contributed by atoms with E-state index >= 15 is 0 Å². The van der Waals surface area contributed by atoms with E-state index in [0.29, 0.717) is 23.7 Å². The molecule has 0 radical (unpaired) electrons. The fourth-order valence-corrected chi connectivity index (χ4v) is 6.84. The Hall–Kier alpha value is -3.66. The third-order valence-electron chi connectivity index (χ3n) is 9.38. The minimum atomic E-state index is 0.486. The SMILES string of the molecule is Cc1cc(C)c(CN2C=CN(c3c(C(C)C)cccc3C(C)C)C2)cc1CN1C=CN(c2c(C(C)C)cccc2C(C)C)C1. The van der Waals surface area contributed by atoms with Crippen LogP contribution in [0.4, 0.5) is 11.4 Å². The van der Waals surface area contributed by atoms with E-state index in [4.69, 9.17) is 0 Å². The Bertz CT molecular complexity index is 1360. The number of rotatable bonds is 10. The van der Waals surface area contributed by atoms with E-state index in [-0.39, 0.29) is 0 Å². The van der Waals surface area contributed by atoms with Crippen molar-refractivity contribution in [2.24, 2.45) is 0 Å². The Morgan fingerprint density at radius 3 is 1.16 bits per heavy atom. The Balaban J connectivity index is 1.31. The smallest absolute Gasteiger partial charge is 0.0945 e. The van der Waals surface area contributed by atoms with E-state index < -0.39 is 0 Å². The minimum absolute atomic E-state index is 0.486. The van der Waals surface area contributed by atoms with Gasteiger partial charge in [0.1, 0.15) is 0 Å². The molecule has 0 aliphatic carbocycles. The molecule has 0 atom stereocenters. The first-order chi connectivity index (χ1) is 20.9. The molecule has 0 amide bonds. The van der Waals surface area contributed by atoms with Crippen molar-refractivity contribution in [3.05, 3.63) is 118 Å². The van der Waals surface area contributed by atoms with Crippen molar-refractivity contribution in [3.63, 3.8) is 0 Å². The van der Waals surface area contributed by atoms with Gasteiger partial charge in [-0.3, -0.25) is 0 Å². The summed E-state index contributed by atoms with van der Waals surface area (Å²) in [6, 6.07) is 18.5. The van der Waals surface area contributed by atoms with Gasteiger partial charge in [-0.2, -0.15) is 0 Å². The summed E-state index contributed by atoms with van der Waals surface area (Å²) < 4.78 is 0. The molecule has 0 spiro atoms. The molecule has 0 unspecified atom stereocenters. The number of nitrogens with zero attached hydrogens (tertiary/aromatic N) is 4. The van der Waals surface area contributed by atoms with Crippen LogP contribution in [0.5, 0.6) is 0 Å². The molecule has 0 aromatic heterocycles. The molecule has 2 aliphatic heterocycles. The number of benzene rings is 3. The second kappa shape index (κ2) is 13.1. The van der Waals surface area contributed by atoms with E-state index in [1.807, 2.05) is 0 Å². The predicted octanol–water partition coefficient (Wildman–Crippen LogP) is 10.3. The van der Waals surface area contributed by atoms with Crippen LogP contribution in [-0.2, 0) is 13.1 Å². The molecule has 0 N–H and O–H groups in total. The molecule has 44 heavy (non-hydrogen) atoms. The zero-order chi connectivity index (χ0) is 31.7. The van der Waals surface area contributed by atoms with Crippen LogP contribution < -0.4 is 9.80 Å². The second-order valence-electron chi connectivity index (χ2n) is 14.2. The summed E-state index contributed by atoms with van der Waals surface area (Å²) in [6.45, 7) is 26.5. The van der Waals surface area contributed by atoms with Crippen LogP contribution >= 0.6 is 0 Å². The standard InChI is InChI=1S/C40H54N4/c1-27(2)35-13-11-14-36(28(3)4)39(35)43-19-17-41(25-43)23-33-22-34(32(10)21-31(33)9)24-42-18-20-44(26-42)40-37(29(5)6)15-12-16-38(40)30(7)8/h11-22,27-30H,23-26H2,1-10H3. The first-order valence-corrected chi connectivity index (χ1v) is 16.7. The Morgan fingerprint density at radius 1 is 0.500 bits per heavy atom. The van der Waals surface area contributed by atoms with Crippen LogP contribution in [0.1, 0.15) is 124 Å². The maximum atomic E-state index is 2.46. The number of hydrogen-bond acceptors (Lipinski definition) is 4. The summed E-state index contributed by atoms with van der Waals surface area (Å²) >= 11 is 0. The van der Waals surface area contributed by atoms with Gasteiger partial charge in [-0.25, -0.2) is 0 Å². The maximum Gasteiger partial charge on any atom is 0.0945 e. The highest BCUT2D eigenvalue weighted by molar-refractivity contribution is 5.65. The molecule has 2 heterocycles. The summed E-state index contributed by atoms with van der Waals surface area (Å²) in [6.07, 6.45) is 9.11. The molecule has 2 aliphatic rings. The molecule has 0 saturated carbocycles. The Kier molecular flexibility index (Phi) is 9.48. The van der Waals surface area contributed by atoms with E-state index in [2.05, 4.69) is 162 Å². The molecule has 0 saturated heterocycles. The lowest BCUT2D eigenvalue weighted by molar-refractivity contribution is 0.392. The van der Waals surface area contributed by atoms with Crippen molar-refractivity contribution in [2.75, 3.05) is 23.1 Å². The lowest BCUT2D eigenvalue weighted by Crippen LogP contribution is -2.27. The number of hydrogen-bond donors (Lipinski definition) is 0. The number of para-hydroxylation sites is 2. The van der Waals surface area contributed by atoms with Crippen LogP contribution in [0.3, 0.4) is 0 Å². The zero-order valence-electron chi connectivity index (χ0n) is 28.9. The highest BCUT2D eigenvalue weighted by atomic mass is 15.3. The minimum Gasteiger partial charge on any atom is -0.354 e. The van der Waals surface area contributed by atoms with E-state index in [9.17, 15) is 0 Å². The van der Waals surface area contributed by atoms with Gasteiger partial charge in [0.05, 0.1) is 13.3 Å². The van der Waals surface area contributed by atoms with Crippen molar-refractivity contribution in [3.8, 4) is 0 Å². The molecule has 4 heteroatoms. The first-order valence-electron chi connectivity index (χ1n) is 16.7. The lowest BCUT2D eigenvalue weighted by Gasteiger charge is -2.29. The van der Waals surface area contributed by atoms with Crippen LogP contribution in [-0.4, -0.2) is 23.1 Å². The van der Waals surface area contributed by atoms with Gasteiger partial charge in [0.15, 0.2) is 0 Å². The normalized spacial score (nSPS) is 15.0. The average Bonchev–Trinajstić information content (AvgIpc) is 3.64. The third kappa shape index (κ3) is 6.55. The molecular formula is C40H54N4. The zero-order valence-corrected chi connectivity index (χ0v) is 28.9. The van der Waals surface area contributed by atoms with Crippen molar-refractivity contribution in [1.29, 1.82) is 0 Å². The summed E-state index contributed by atoms with van der Waals surface area (Å²) in [5, 5.41) is 0. The molecule has 234 valence electrons. The molecule has 3 aromatic carbocycles. The summed E-state index contributed by atoms with van der Waals surface area (Å²) in [5.74, 6) is 1.94. The highest BCUT2D eigenvalue weighted by Crippen LogP contribution is 2.38. The number of aryl methyl sites for hydroxylation is 2. The third-order valence-corrected chi connectivity index (χ3v) is 9.38. The molecule has 4 nitrogen and oxygen atoms in total. The molecular weight excluding hydrogens is 536 g/mol. The fraction of sp³-hybridized carbons (Fsp3) is 0.450. The van der Waals surface area contributed by atoms with Crippen molar-refractivity contribution >= 4 is 11.4 Å². The van der Waals surface area contributed by atoms with Gasteiger partial charge in [0.25, 0.3) is 0 Å². The van der Waals surface area contributed by atoms with Crippen molar-refractivity contribution in [2.45, 2.75) is 106 Å². The van der Waals surface area contributed by atoms with Crippen LogP contribution in [0.25, 0.3) is 0 Å². The lowest BCUT2D eigenvalue weighted by atomic mass is 9.92. The van der Waals surface area contributed by atoms with Crippen LogP contribution in [0, 0.1) is 13.8 Å². The van der Waals surface area contributed by atoms with E-state index in [0.717, 1.165) is 26.4 Å². The van der Waals surface area contributed by atoms with E-state index in [1.165, 1.54) is 55.9 Å². The molecule has 0 fully saturated rings. The quantitative estimate of drug-likeness (QED) is 0.233. The highest BCUT2D eigenvalue weighted by Gasteiger charge is 2.25. The average molecular weight is 591 g/mol. The fourth-order valence-electron chi connectivity index (χ4n) is 6.84. The maximum absolute atomic E-state index is 2.46. The second-order valence-corrected chi connectivity index (χ2v) is 14.2. The van der Waals surface area contributed by atoms with Gasteiger partial charge in [0.2, 0.25) is 0 Å². The predicted molar refractivity (Wildman–Crippen MR) is 189 cm³/mol. The van der Waals surface area contributed by atoms with Gasteiger partial charge in [-0.1, -0.05) is 104 Å². The summed E-state index contributed by atoms with van der Waals surface area (Å²) in [5.41, 5.74) is 14.1. The summed E-state index contributed by atoms with van der Waals surface area (Å²) in [7, 11) is 0. The van der Waals surface area contributed by atoms with Crippen molar-refractivity contribution in [1.82, 2.24) is 9.80 Å². The Morgan fingerprint density at radius 2 is 0.841 bits per heavy atom. The molecule has 0 bridgehead atoms. The number of anilines is 2. The first kappa shape index (κ1) is 31.8. The van der Waals surface area contributed by atoms with Gasteiger partial charge in [-0.15, -0.1) is 0 Å². The van der Waals surface area contributed by atoms with E-state index in [1.54, 1.807) is 0 Å². The van der Waals surface area contributed by atoms with Gasteiger partial charge in [0, 0.05) is 49.3 Å². The molecule has 5 rings (SSSR count).